The van der Waals surface area contributed by atoms with Gasteiger partial charge in [-0.1, -0.05) is 0 Å². The molecule has 4 nitrogen and oxygen atoms in total. The Morgan fingerprint density at radius 3 is 2.47 bits per heavy atom. The van der Waals surface area contributed by atoms with E-state index in [0.717, 1.165) is 43.1 Å². The first kappa shape index (κ1) is 12.3. The fourth-order valence-corrected chi connectivity index (χ4v) is 2.20. The number of aryl methyl sites for hydroxylation is 1. The molecule has 94 valence electrons. The summed E-state index contributed by atoms with van der Waals surface area (Å²) < 4.78 is 0. The van der Waals surface area contributed by atoms with E-state index in [1.165, 1.54) is 0 Å². The fraction of sp³-hybridized carbons (Fsp3) is 0.615. The molecule has 0 unspecified atom stereocenters. The van der Waals surface area contributed by atoms with Crippen LogP contribution in [0.1, 0.15) is 24.2 Å². The molecule has 0 aromatic carbocycles. The zero-order valence-electron chi connectivity index (χ0n) is 10.8. The van der Waals surface area contributed by atoms with Crippen LogP contribution < -0.4 is 4.90 Å². The first-order valence-corrected chi connectivity index (χ1v) is 6.16. The standard InChI is InChI=1S/C13H21N3O/c1-10-8-13(14-9-12(10)11(2)17)16-6-4-15(3)5-7-16/h8-9,11,17H,4-7H2,1-3H3/t11-/m0/s1. The van der Waals surface area contributed by atoms with Gasteiger partial charge in [0, 0.05) is 37.9 Å². The number of nitrogens with zero attached hydrogens (tertiary/aromatic N) is 3. The maximum atomic E-state index is 9.58. The Morgan fingerprint density at radius 1 is 1.29 bits per heavy atom. The molecule has 1 N–H and O–H groups in total. The number of hydrogen-bond acceptors (Lipinski definition) is 4. The quantitative estimate of drug-likeness (QED) is 0.836. The van der Waals surface area contributed by atoms with Crippen molar-refractivity contribution in [3.63, 3.8) is 0 Å². The van der Waals surface area contributed by atoms with Crippen molar-refractivity contribution in [1.29, 1.82) is 0 Å². The predicted molar refractivity (Wildman–Crippen MR) is 69.3 cm³/mol. The molecule has 0 bridgehead atoms. The Hall–Kier alpha value is -1.13. The lowest BCUT2D eigenvalue weighted by Crippen LogP contribution is -2.44. The highest BCUT2D eigenvalue weighted by Gasteiger charge is 2.16. The molecule has 1 atom stereocenters. The van der Waals surface area contributed by atoms with Crippen LogP contribution in [0.25, 0.3) is 0 Å². The highest BCUT2D eigenvalue weighted by Crippen LogP contribution is 2.21. The van der Waals surface area contributed by atoms with Crippen LogP contribution in [0, 0.1) is 6.92 Å². The van der Waals surface area contributed by atoms with Gasteiger partial charge in [0.05, 0.1) is 6.10 Å². The normalized spacial score (nSPS) is 19.4. The topological polar surface area (TPSA) is 39.6 Å². The SMILES string of the molecule is Cc1cc(N2CCN(C)CC2)ncc1[C@H](C)O. The van der Waals surface area contributed by atoms with Crippen LogP contribution in [0.2, 0.25) is 0 Å². The number of rotatable bonds is 2. The molecule has 0 radical (unpaired) electrons. The summed E-state index contributed by atoms with van der Waals surface area (Å²) in [6.45, 7) is 8.02. The Morgan fingerprint density at radius 2 is 1.94 bits per heavy atom. The lowest BCUT2D eigenvalue weighted by Gasteiger charge is -2.33. The van der Waals surface area contributed by atoms with Crippen molar-refractivity contribution >= 4 is 5.82 Å². The minimum Gasteiger partial charge on any atom is -0.389 e. The summed E-state index contributed by atoms with van der Waals surface area (Å²) in [6, 6.07) is 2.08. The Balaban J connectivity index is 2.14. The Labute approximate surface area is 103 Å². The number of aromatic nitrogens is 1. The van der Waals surface area contributed by atoms with E-state index in [2.05, 4.69) is 27.9 Å². The van der Waals surface area contributed by atoms with Crippen LogP contribution in [0.4, 0.5) is 5.82 Å². The summed E-state index contributed by atoms with van der Waals surface area (Å²) in [5, 5.41) is 9.58. The Kier molecular flexibility index (Phi) is 3.64. The average Bonchev–Trinajstić information content (AvgIpc) is 2.29. The first-order valence-electron chi connectivity index (χ1n) is 6.16. The fourth-order valence-electron chi connectivity index (χ4n) is 2.20. The molecule has 1 aromatic heterocycles. The van der Waals surface area contributed by atoms with Crippen molar-refractivity contribution in [1.82, 2.24) is 9.88 Å². The van der Waals surface area contributed by atoms with Gasteiger partial charge < -0.3 is 14.9 Å². The van der Waals surface area contributed by atoms with Crippen LogP contribution in [0.3, 0.4) is 0 Å². The van der Waals surface area contributed by atoms with E-state index in [1.54, 1.807) is 13.1 Å². The summed E-state index contributed by atoms with van der Waals surface area (Å²) in [5.41, 5.74) is 2.03. The van der Waals surface area contributed by atoms with E-state index < -0.39 is 6.10 Å². The number of aliphatic hydroxyl groups excluding tert-OH is 1. The highest BCUT2D eigenvalue weighted by atomic mass is 16.3. The van der Waals surface area contributed by atoms with Gasteiger partial charge in [-0.05, 0) is 32.5 Å². The van der Waals surface area contributed by atoms with E-state index in [1.807, 2.05) is 6.92 Å². The molecule has 1 fully saturated rings. The third-order valence-electron chi connectivity index (χ3n) is 3.41. The number of hydrogen-bond donors (Lipinski definition) is 1. The summed E-state index contributed by atoms with van der Waals surface area (Å²) in [6.07, 6.45) is 1.36. The summed E-state index contributed by atoms with van der Waals surface area (Å²) in [5.74, 6) is 1.03. The third-order valence-corrected chi connectivity index (χ3v) is 3.41. The zero-order valence-corrected chi connectivity index (χ0v) is 10.8. The largest absolute Gasteiger partial charge is 0.389 e. The zero-order chi connectivity index (χ0) is 12.4. The van der Waals surface area contributed by atoms with Crippen molar-refractivity contribution in [2.24, 2.45) is 0 Å². The number of aliphatic hydroxyl groups is 1. The van der Waals surface area contributed by atoms with Gasteiger partial charge in [-0.15, -0.1) is 0 Å². The van der Waals surface area contributed by atoms with Gasteiger partial charge in [-0.3, -0.25) is 0 Å². The van der Waals surface area contributed by atoms with Crippen molar-refractivity contribution in [3.05, 3.63) is 23.4 Å². The van der Waals surface area contributed by atoms with Gasteiger partial charge in [-0.2, -0.15) is 0 Å². The number of piperazine rings is 1. The van der Waals surface area contributed by atoms with Gasteiger partial charge in [0.1, 0.15) is 5.82 Å². The molecule has 2 heterocycles. The molecule has 17 heavy (non-hydrogen) atoms. The van der Waals surface area contributed by atoms with E-state index >= 15 is 0 Å². The third kappa shape index (κ3) is 2.76. The minimum atomic E-state index is -0.441. The monoisotopic (exact) mass is 235 g/mol. The molecule has 0 aliphatic carbocycles. The van der Waals surface area contributed by atoms with Crippen molar-refractivity contribution in [3.8, 4) is 0 Å². The highest BCUT2D eigenvalue weighted by molar-refractivity contribution is 5.44. The van der Waals surface area contributed by atoms with Crippen LogP contribution in [0.15, 0.2) is 12.3 Å². The minimum absolute atomic E-state index is 0.441. The maximum Gasteiger partial charge on any atom is 0.128 e. The van der Waals surface area contributed by atoms with Crippen LogP contribution in [-0.2, 0) is 0 Å². The van der Waals surface area contributed by atoms with Crippen LogP contribution in [-0.4, -0.2) is 48.2 Å². The van der Waals surface area contributed by atoms with E-state index in [9.17, 15) is 5.11 Å². The number of anilines is 1. The smallest absolute Gasteiger partial charge is 0.128 e. The lowest BCUT2D eigenvalue weighted by molar-refractivity contribution is 0.198. The Bertz CT molecular complexity index is 384. The lowest BCUT2D eigenvalue weighted by atomic mass is 10.1. The molecule has 1 aromatic rings. The maximum absolute atomic E-state index is 9.58. The van der Waals surface area contributed by atoms with Gasteiger partial charge in [0.25, 0.3) is 0 Å². The van der Waals surface area contributed by atoms with E-state index in [-0.39, 0.29) is 0 Å². The van der Waals surface area contributed by atoms with Crippen LogP contribution >= 0.6 is 0 Å². The molecule has 2 rings (SSSR count). The van der Waals surface area contributed by atoms with Crippen molar-refractivity contribution in [2.75, 3.05) is 38.1 Å². The molecule has 0 amide bonds. The molecule has 1 aliphatic heterocycles. The van der Waals surface area contributed by atoms with Gasteiger partial charge in [0.2, 0.25) is 0 Å². The second-order valence-corrected chi connectivity index (χ2v) is 4.87. The van der Waals surface area contributed by atoms with Crippen molar-refractivity contribution in [2.45, 2.75) is 20.0 Å². The molecular formula is C13H21N3O. The van der Waals surface area contributed by atoms with Crippen molar-refractivity contribution < 1.29 is 5.11 Å². The molecule has 1 saturated heterocycles. The number of pyridine rings is 1. The van der Waals surface area contributed by atoms with Gasteiger partial charge >= 0.3 is 0 Å². The summed E-state index contributed by atoms with van der Waals surface area (Å²) in [7, 11) is 2.15. The molecule has 0 spiro atoms. The molecular weight excluding hydrogens is 214 g/mol. The van der Waals surface area contributed by atoms with Gasteiger partial charge in [-0.25, -0.2) is 4.98 Å². The van der Waals surface area contributed by atoms with Gasteiger partial charge in [0.15, 0.2) is 0 Å². The average molecular weight is 235 g/mol. The van der Waals surface area contributed by atoms with Crippen LogP contribution in [0.5, 0.6) is 0 Å². The predicted octanol–water partition coefficient (Wildman–Crippen LogP) is 1.20. The summed E-state index contributed by atoms with van der Waals surface area (Å²) in [4.78, 5) is 9.09. The molecule has 1 aliphatic rings. The molecule has 4 heteroatoms. The van der Waals surface area contributed by atoms with E-state index in [0.29, 0.717) is 0 Å². The number of likely N-dealkylation sites (N-methyl/N-ethyl adjacent to an activating group) is 1. The molecule has 0 saturated carbocycles. The first-order chi connectivity index (χ1) is 8.08. The second kappa shape index (κ2) is 5.02. The van der Waals surface area contributed by atoms with E-state index in [4.69, 9.17) is 0 Å². The second-order valence-electron chi connectivity index (χ2n) is 4.87. The summed E-state index contributed by atoms with van der Waals surface area (Å²) >= 11 is 0.